The van der Waals surface area contributed by atoms with Gasteiger partial charge in [-0.05, 0) is 24.5 Å². The Morgan fingerprint density at radius 2 is 1.89 bits per heavy atom. The first-order chi connectivity index (χ1) is 18.1. The lowest BCUT2D eigenvalue weighted by Crippen LogP contribution is -2.52. The normalized spacial score (nSPS) is 18.3. The van der Waals surface area contributed by atoms with Crippen molar-refractivity contribution < 1.29 is 24.1 Å². The third-order valence-electron chi connectivity index (χ3n) is 6.35. The maximum Gasteiger partial charge on any atom is 0.270 e. The Hall–Kier alpha value is -3.93. The van der Waals surface area contributed by atoms with Crippen molar-refractivity contribution >= 4 is 41.1 Å². The number of carbonyl (C=O) groups excluding carboxylic acids is 4. The van der Waals surface area contributed by atoms with Crippen LogP contribution in [0.4, 0.5) is 5.69 Å². The molecule has 1 aliphatic heterocycles. The molecule has 1 heterocycles. The lowest BCUT2D eigenvalue weighted by molar-refractivity contribution is -0.384. The van der Waals surface area contributed by atoms with Gasteiger partial charge in [0.05, 0.1) is 17.0 Å². The summed E-state index contributed by atoms with van der Waals surface area (Å²) in [7, 11) is 0. The monoisotopic (exact) mass is 541 g/mol. The third kappa shape index (κ3) is 7.31. The van der Waals surface area contributed by atoms with Crippen molar-refractivity contribution in [1.29, 1.82) is 0 Å². The van der Waals surface area contributed by atoms with Gasteiger partial charge in [-0.1, -0.05) is 43.3 Å². The number of non-ortho nitro benzene ring substituents is 1. The molecule has 0 saturated carbocycles. The van der Waals surface area contributed by atoms with Crippen LogP contribution in [0.25, 0.3) is 0 Å². The smallest absolute Gasteiger partial charge is 0.270 e. The van der Waals surface area contributed by atoms with Crippen LogP contribution in [-0.2, 0) is 26.7 Å². The summed E-state index contributed by atoms with van der Waals surface area (Å²) in [6.07, 6.45) is 0.539. The average molecular weight is 542 g/mol. The van der Waals surface area contributed by atoms with Crippen molar-refractivity contribution in [3.63, 3.8) is 0 Å². The Labute approximate surface area is 224 Å². The number of nitro groups is 1. The number of benzene rings is 2. The number of hydrogen-bond acceptors (Lipinski definition) is 7. The number of hydrogen-bond donors (Lipinski definition) is 2. The van der Waals surface area contributed by atoms with Gasteiger partial charge in [-0.25, -0.2) is 0 Å². The molecule has 0 saturated heterocycles. The summed E-state index contributed by atoms with van der Waals surface area (Å²) in [5.41, 5.74) is 6.67. The summed E-state index contributed by atoms with van der Waals surface area (Å²) in [6.45, 7) is 3.10. The highest BCUT2D eigenvalue weighted by atomic mass is 32.2. The molecule has 3 N–H and O–H groups in total. The molecule has 202 valence electrons. The molecular formula is C26H31N5O6S. The molecule has 12 heteroatoms. The molecule has 1 aliphatic rings. The van der Waals surface area contributed by atoms with Gasteiger partial charge < -0.3 is 20.9 Å². The molecule has 3 rings (SSSR count). The summed E-state index contributed by atoms with van der Waals surface area (Å²) >= 11 is 1.26. The molecule has 4 amide bonds. The molecule has 1 unspecified atom stereocenters. The van der Waals surface area contributed by atoms with Gasteiger partial charge in [-0.2, -0.15) is 11.8 Å². The summed E-state index contributed by atoms with van der Waals surface area (Å²) in [4.78, 5) is 65.9. The highest BCUT2D eigenvalue weighted by Crippen LogP contribution is 2.25. The van der Waals surface area contributed by atoms with Crippen LogP contribution in [0, 0.1) is 10.1 Å². The number of rotatable bonds is 6. The van der Waals surface area contributed by atoms with E-state index in [4.69, 9.17) is 5.73 Å². The largest absolute Gasteiger partial charge is 0.368 e. The topological polar surface area (TPSA) is 156 Å². The van der Waals surface area contributed by atoms with Crippen LogP contribution in [0.15, 0.2) is 48.5 Å². The maximum absolute atomic E-state index is 13.8. The molecule has 0 spiro atoms. The van der Waals surface area contributed by atoms with Crippen LogP contribution in [0.5, 0.6) is 0 Å². The standard InChI is InChI=1S/C26H31N5O6S/c1-3-17(2)30-14-24(33)29(12-18-7-5-4-6-8-18)13-23(32)28-22(25(27)34)16-38-15-19-9-10-20(31(36)37)11-21(19)26(30)35/h4-11,17,22H,3,12-16H2,1-2H3,(H2,27,34)(H,28,32)/t17?,22-/m0/s1. The van der Waals surface area contributed by atoms with Gasteiger partial charge in [0.1, 0.15) is 12.6 Å². The van der Waals surface area contributed by atoms with Gasteiger partial charge in [-0.3, -0.25) is 29.3 Å². The lowest BCUT2D eigenvalue weighted by Gasteiger charge is -2.32. The van der Waals surface area contributed by atoms with Crippen molar-refractivity contribution in [2.24, 2.45) is 5.73 Å². The van der Waals surface area contributed by atoms with E-state index in [-0.39, 0.29) is 48.4 Å². The van der Waals surface area contributed by atoms with E-state index in [9.17, 15) is 29.3 Å². The minimum Gasteiger partial charge on any atom is -0.368 e. The van der Waals surface area contributed by atoms with Crippen molar-refractivity contribution in [1.82, 2.24) is 15.1 Å². The minimum absolute atomic E-state index is 0.105. The van der Waals surface area contributed by atoms with Gasteiger partial charge in [0.15, 0.2) is 0 Å². The van der Waals surface area contributed by atoms with Crippen molar-refractivity contribution in [3.05, 3.63) is 75.3 Å². The van der Waals surface area contributed by atoms with Gasteiger partial charge >= 0.3 is 0 Å². The molecular weight excluding hydrogens is 510 g/mol. The number of amides is 4. The zero-order chi connectivity index (χ0) is 27.8. The second-order valence-electron chi connectivity index (χ2n) is 9.06. The van der Waals surface area contributed by atoms with E-state index in [0.717, 1.165) is 5.56 Å². The van der Waals surface area contributed by atoms with Crippen molar-refractivity contribution in [2.75, 3.05) is 18.8 Å². The first-order valence-corrected chi connectivity index (χ1v) is 13.3. The average Bonchev–Trinajstić information content (AvgIpc) is 2.89. The number of fused-ring (bicyclic) bond motifs is 1. The summed E-state index contributed by atoms with van der Waals surface area (Å²) in [6, 6.07) is 11.7. The molecule has 2 aromatic carbocycles. The lowest BCUT2D eigenvalue weighted by atomic mass is 10.0. The van der Waals surface area contributed by atoms with Crippen molar-refractivity contribution in [3.8, 4) is 0 Å². The van der Waals surface area contributed by atoms with Gasteiger partial charge in [-0.15, -0.1) is 0 Å². The zero-order valence-electron chi connectivity index (χ0n) is 21.3. The summed E-state index contributed by atoms with van der Waals surface area (Å²) in [5.74, 6) is -1.92. The maximum atomic E-state index is 13.8. The fourth-order valence-corrected chi connectivity index (χ4v) is 5.06. The second kappa shape index (κ2) is 13.0. The number of carbonyl (C=O) groups is 4. The van der Waals surface area contributed by atoms with Crippen molar-refractivity contribution in [2.45, 2.75) is 44.6 Å². The fourth-order valence-electron chi connectivity index (χ4n) is 3.98. The van der Waals surface area contributed by atoms with Crippen LogP contribution < -0.4 is 11.1 Å². The van der Waals surface area contributed by atoms with Crippen LogP contribution in [0.3, 0.4) is 0 Å². The van der Waals surface area contributed by atoms with Crippen LogP contribution in [0.2, 0.25) is 0 Å². The van der Waals surface area contributed by atoms with E-state index >= 15 is 0 Å². The highest BCUT2D eigenvalue weighted by Gasteiger charge is 2.30. The Kier molecular flexibility index (Phi) is 9.83. The molecule has 0 aliphatic carbocycles. The van der Waals surface area contributed by atoms with Crippen LogP contribution in [-0.4, -0.2) is 69.3 Å². The predicted molar refractivity (Wildman–Crippen MR) is 143 cm³/mol. The summed E-state index contributed by atoms with van der Waals surface area (Å²) < 4.78 is 0. The number of primary amides is 1. The second-order valence-corrected chi connectivity index (χ2v) is 10.1. The number of thioether (sulfide) groups is 1. The van der Waals surface area contributed by atoms with Crippen LogP contribution in [0.1, 0.15) is 41.8 Å². The quantitative estimate of drug-likeness (QED) is 0.419. The van der Waals surface area contributed by atoms with E-state index in [1.165, 1.54) is 39.8 Å². The molecule has 2 aromatic rings. The highest BCUT2D eigenvalue weighted by molar-refractivity contribution is 7.98. The number of nitrogens with one attached hydrogen (secondary N) is 1. The zero-order valence-corrected chi connectivity index (χ0v) is 22.1. The Balaban J connectivity index is 2.06. The first-order valence-electron chi connectivity index (χ1n) is 12.2. The summed E-state index contributed by atoms with van der Waals surface area (Å²) in [5, 5.41) is 14.1. The first kappa shape index (κ1) is 28.6. The Morgan fingerprint density at radius 3 is 2.53 bits per heavy atom. The van der Waals surface area contributed by atoms with Crippen LogP contribution >= 0.6 is 11.8 Å². The minimum atomic E-state index is -1.00. The third-order valence-corrected chi connectivity index (χ3v) is 7.43. The predicted octanol–water partition coefficient (Wildman–Crippen LogP) is 2.08. The molecule has 38 heavy (non-hydrogen) atoms. The molecule has 0 bridgehead atoms. The van der Waals surface area contributed by atoms with E-state index in [1.807, 2.05) is 37.3 Å². The Morgan fingerprint density at radius 1 is 1.18 bits per heavy atom. The SMILES string of the molecule is CCC(C)N1CC(=O)N(Cc2ccccc2)CC(=O)N[C@H](C(N)=O)CSCc2ccc([N+](=O)[O-])cc2C1=O. The van der Waals surface area contributed by atoms with E-state index in [1.54, 1.807) is 6.92 Å². The molecule has 2 atom stereocenters. The number of nitrogens with two attached hydrogens (primary N) is 1. The molecule has 0 aromatic heterocycles. The number of nitrogens with zero attached hydrogens (tertiary/aromatic N) is 3. The molecule has 0 radical (unpaired) electrons. The van der Waals surface area contributed by atoms with Gasteiger partial charge in [0.25, 0.3) is 11.6 Å². The molecule has 0 fully saturated rings. The van der Waals surface area contributed by atoms with Gasteiger partial charge in [0.2, 0.25) is 17.7 Å². The molecule has 11 nitrogen and oxygen atoms in total. The fraction of sp³-hybridized carbons (Fsp3) is 0.385. The van der Waals surface area contributed by atoms with E-state index in [0.29, 0.717) is 12.0 Å². The van der Waals surface area contributed by atoms with E-state index < -0.39 is 34.6 Å². The Bertz CT molecular complexity index is 1210. The van der Waals surface area contributed by atoms with Gasteiger partial charge in [0, 0.05) is 36.2 Å². The van der Waals surface area contributed by atoms with E-state index in [2.05, 4.69) is 5.32 Å². The number of nitro benzene ring substituents is 1.